The monoisotopic (exact) mass is 312 g/mol. The summed E-state index contributed by atoms with van der Waals surface area (Å²) in [5, 5.41) is 3.90. The minimum Gasteiger partial charge on any atom is -0.368 e. The minimum atomic E-state index is 0.159. The summed E-state index contributed by atoms with van der Waals surface area (Å²) in [7, 11) is 0. The number of ketones is 1. The van der Waals surface area contributed by atoms with Gasteiger partial charge in [0.25, 0.3) is 0 Å². The van der Waals surface area contributed by atoms with Crippen LogP contribution in [-0.2, 0) is 17.6 Å². The van der Waals surface area contributed by atoms with Crippen molar-refractivity contribution in [3.05, 3.63) is 70.2 Å². The Bertz CT molecular complexity index is 725. The van der Waals surface area contributed by atoms with Gasteiger partial charge in [-0.15, -0.1) is 0 Å². The predicted molar refractivity (Wildman–Crippen MR) is 89.7 cm³/mol. The first-order chi connectivity index (χ1) is 10.7. The Kier molecular flexibility index (Phi) is 4.54. The highest BCUT2D eigenvalue weighted by molar-refractivity contribution is 6.31. The fourth-order valence-corrected chi connectivity index (χ4v) is 2.77. The van der Waals surface area contributed by atoms with Crippen LogP contribution in [0.1, 0.15) is 16.7 Å². The number of carbonyl (C=O) groups is 1. The molecule has 1 aliphatic rings. The maximum atomic E-state index is 12.3. The number of carbonyl (C=O) groups excluding carboxylic acids is 1. The van der Waals surface area contributed by atoms with Gasteiger partial charge in [0.05, 0.1) is 6.54 Å². The van der Waals surface area contributed by atoms with Crippen molar-refractivity contribution in [3.8, 4) is 0 Å². The zero-order chi connectivity index (χ0) is 15.4. The molecule has 0 radical (unpaired) electrons. The van der Waals surface area contributed by atoms with Gasteiger partial charge in [-0.3, -0.25) is 9.79 Å². The third-order valence-electron chi connectivity index (χ3n) is 3.62. The summed E-state index contributed by atoms with van der Waals surface area (Å²) in [5.74, 6) is 1.08. The van der Waals surface area contributed by atoms with Gasteiger partial charge in [0.2, 0.25) is 0 Å². The van der Waals surface area contributed by atoms with E-state index in [1.54, 1.807) is 0 Å². The Morgan fingerprint density at radius 3 is 2.77 bits per heavy atom. The molecule has 3 nitrogen and oxygen atoms in total. The number of hydrogen-bond donors (Lipinski definition) is 1. The average Bonchev–Trinajstić information content (AvgIpc) is 3.04. The van der Waals surface area contributed by atoms with E-state index < -0.39 is 0 Å². The van der Waals surface area contributed by atoms with Crippen molar-refractivity contribution >= 4 is 23.2 Å². The molecule has 22 heavy (non-hydrogen) atoms. The molecule has 1 N–H and O–H groups in total. The molecule has 0 atom stereocenters. The van der Waals surface area contributed by atoms with Gasteiger partial charge in [-0.05, 0) is 23.3 Å². The Balaban J connectivity index is 1.69. The maximum absolute atomic E-state index is 12.3. The van der Waals surface area contributed by atoms with Crippen LogP contribution in [0.4, 0.5) is 0 Å². The van der Waals surface area contributed by atoms with E-state index in [-0.39, 0.29) is 5.78 Å². The fraction of sp³-hybridized carbons (Fsp3) is 0.222. The van der Waals surface area contributed by atoms with E-state index in [1.807, 2.05) is 48.5 Å². The number of rotatable bonds is 5. The van der Waals surface area contributed by atoms with Gasteiger partial charge in [0, 0.05) is 30.0 Å². The number of Topliss-reactive ketones (excluding diaryl/α,β-unsaturated/α-hetero) is 1. The van der Waals surface area contributed by atoms with Crippen molar-refractivity contribution in [1.29, 1.82) is 0 Å². The highest BCUT2D eigenvalue weighted by Gasteiger charge is 2.11. The summed E-state index contributed by atoms with van der Waals surface area (Å²) in [6, 6.07) is 15.5. The average molecular weight is 313 g/mol. The lowest BCUT2D eigenvalue weighted by Crippen LogP contribution is -2.19. The molecule has 112 valence electrons. The summed E-state index contributed by atoms with van der Waals surface area (Å²) >= 11 is 6.11. The summed E-state index contributed by atoms with van der Waals surface area (Å²) in [4.78, 5) is 16.7. The van der Waals surface area contributed by atoms with Crippen molar-refractivity contribution < 1.29 is 4.79 Å². The Morgan fingerprint density at radius 1 is 1.14 bits per heavy atom. The molecule has 0 bridgehead atoms. The summed E-state index contributed by atoms with van der Waals surface area (Å²) < 4.78 is 0. The number of amidine groups is 1. The Labute approximate surface area is 135 Å². The molecule has 0 aliphatic carbocycles. The van der Waals surface area contributed by atoms with E-state index >= 15 is 0 Å². The van der Waals surface area contributed by atoms with E-state index in [1.165, 1.54) is 0 Å². The van der Waals surface area contributed by atoms with Gasteiger partial charge in [-0.25, -0.2) is 0 Å². The van der Waals surface area contributed by atoms with Crippen LogP contribution in [0.2, 0.25) is 5.02 Å². The van der Waals surface area contributed by atoms with Gasteiger partial charge in [-0.1, -0.05) is 48.0 Å². The van der Waals surface area contributed by atoms with Gasteiger partial charge >= 0.3 is 0 Å². The van der Waals surface area contributed by atoms with Crippen LogP contribution >= 0.6 is 11.6 Å². The van der Waals surface area contributed by atoms with Gasteiger partial charge in [0.15, 0.2) is 0 Å². The zero-order valence-electron chi connectivity index (χ0n) is 12.2. The summed E-state index contributed by atoms with van der Waals surface area (Å²) in [5.41, 5.74) is 2.93. The van der Waals surface area contributed by atoms with E-state index in [4.69, 9.17) is 11.6 Å². The number of halogens is 1. The zero-order valence-corrected chi connectivity index (χ0v) is 12.9. The predicted octanol–water partition coefficient (Wildman–Crippen LogP) is 3.04. The van der Waals surface area contributed by atoms with Crippen LogP contribution in [0.25, 0.3) is 0 Å². The van der Waals surface area contributed by atoms with Crippen LogP contribution in [0, 0.1) is 0 Å². The fourth-order valence-electron chi connectivity index (χ4n) is 2.56. The molecule has 1 aliphatic heterocycles. The molecule has 0 unspecified atom stereocenters. The lowest BCUT2D eigenvalue weighted by Gasteiger charge is -2.07. The SMILES string of the molecule is O=C(Cc1cccc(C2=NCCN2)c1)Cc1ccccc1Cl. The Hall–Kier alpha value is -2.13. The third-order valence-corrected chi connectivity index (χ3v) is 3.99. The highest BCUT2D eigenvalue weighted by Crippen LogP contribution is 2.17. The molecule has 0 saturated carbocycles. The smallest absolute Gasteiger partial charge is 0.141 e. The Morgan fingerprint density at radius 2 is 2.00 bits per heavy atom. The molecule has 0 saturated heterocycles. The van der Waals surface area contributed by atoms with Crippen LogP contribution in [-0.4, -0.2) is 24.7 Å². The number of aliphatic imine (C=N–C) groups is 1. The third kappa shape index (κ3) is 3.55. The molecule has 0 aromatic heterocycles. The standard InChI is InChI=1S/C18H17ClN2O/c19-17-7-2-1-5-14(17)12-16(22)11-13-4-3-6-15(10-13)18-20-8-9-21-18/h1-7,10H,8-9,11-12H2,(H,20,21). The molecule has 2 aromatic rings. The van der Waals surface area contributed by atoms with Gasteiger partial charge in [-0.2, -0.15) is 0 Å². The highest BCUT2D eigenvalue weighted by atomic mass is 35.5. The first kappa shape index (κ1) is 14.8. The second-order valence-corrected chi connectivity index (χ2v) is 5.75. The lowest BCUT2D eigenvalue weighted by atomic mass is 10.0. The van der Waals surface area contributed by atoms with Gasteiger partial charge < -0.3 is 5.32 Å². The number of hydrogen-bond acceptors (Lipinski definition) is 3. The molecule has 1 heterocycles. The number of nitrogens with one attached hydrogen (secondary N) is 1. The molecular formula is C18H17ClN2O. The van der Waals surface area contributed by atoms with Crippen molar-refractivity contribution in [1.82, 2.24) is 5.32 Å². The van der Waals surface area contributed by atoms with Crippen molar-refractivity contribution in [3.63, 3.8) is 0 Å². The van der Waals surface area contributed by atoms with E-state index in [0.29, 0.717) is 17.9 Å². The first-order valence-electron chi connectivity index (χ1n) is 7.35. The molecule has 0 fully saturated rings. The molecule has 4 heteroatoms. The summed E-state index contributed by atoms with van der Waals surface area (Å²) in [6.45, 7) is 1.69. The quantitative estimate of drug-likeness (QED) is 0.922. The van der Waals surface area contributed by atoms with Crippen LogP contribution in [0.3, 0.4) is 0 Å². The van der Waals surface area contributed by atoms with E-state index in [2.05, 4.69) is 10.3 Å². The normalized spacial score (nSPS) is 13.6. The first-order valence-corrected chi connectivity index (χ1v) is 7.73. The van der Waals surface area contributed by atoms with Crippen LogP contribution < -0.4 is 5.32 Å². The minimum absolute atomic E-state index is 0.159. The molecular weight excluding hydrogens is 296 g/mol. The number of benzene rings is 2. The number of nitrogens with zero attached hydrogens (tertiary/aromatic N) is 1. The van der Waals surface area contributed by atoms with Crippen molar-refractivity contribution in [2.75, 3.05) is 13.1 Å². The lowest BCUT2D eigenvalue weighted by molar-refractivity contribution is -0.117. The molecule has 2 aromatic carbocycles. The van der Waals surface area contributed by atoms with Crippen molar-refractivity contribution in [2.45, 2.75) is 12.8 Å². The molecule has 0 spiro atoms. The summed E-state index contributed by atoms with van der Waals surface area (Å²) in [6.07, 6.45) is 0.773. The van der Waals surface area contributed by atoms with Crippen molar-refractivity contribution in [2.24, 2.45) is 4.99 Å². The second kappa shape index (κ2) is 6.75. The van der Waals surface area contributed by atoms with Gasteiger partial charge in [0.1, 0.15) is 11.6 Å². The largest absolute Gasteiger partial charge is 0.368 e. The second-order valence-electron chi connectivity index (χ2n) is 5.34. The van der Waals surface area contributed by atoms with E-state index in [9.17, 15) is 4.79 Å². The van der Waals surface area contributed by atoms with Crippen LogP contribution in [0.5, 0.6) is 0 Å². The topological polar surface area (TPSA) is 41.5 Å². The maximum Gasteiger partial charge on any atom is 0.141 e. The van der Waals surface area contributed by atoms with Crippen LogP contribution in [0.15, 0.2) is 53.5 Å². The van der Waals surface area contributed by atoms with E-state index in [0.717, 1.165) is 35.6 Å². The molecule has 0 amide bonds. The molecule has 3 rings (SSSR count).